The number of esters is 1. The summed E-state index contributed by atoms with van der Waals surface area (Å²) in [6.07, 6.45) is -0.0475. The topological polar surface area (TPSA) is 138 Å². The lowest BCUT2D eigenvalue weighted by atomic mass is 9.91. The first-order valence-electron chi connectivity index (χ1n) is 12.4. The molecule has 1 amide bonds. The SMILES string of the molecule is COc1cc(Nc2nc(N[C@H](c3cccc(F)c3)[C@H](C)CC(=O)OC(C)(C)C)c(F)cc2C(N)=O)cc(OC)n1. The maximum absolute atomic E-state index is 15.3. The molecule has 0 bridgehead atoms. The van der Waals surface area contributed by atoms with E-state index in [0.29, 0.717) is 11.3 Å². The Morgan fingerprint density at radius 1 is 1.00 bits per heavy atom. The molecule has 0 saturated heterocycles. The molecule has 0 aliphatic heterocycles. The predicted molar refractivity (Wildman–Crippen MR) is 146 cm³/mol. The number of benzene rings is 1. The first kappa shape index (κ1) is 30.1. The van der Waals surface area contributed by atoms with Gasteiger partial charge >= 0.3 is 5.97 Å². The summed E-state index contributed by atoms with van der Waals surface area (Å²) in [4.78, 5) is 33.1. The molecule has 40 heavy (non-hydrogen) atoms. The minimum Gasteiger partial charge on any atom is -0.481 e. The summed E-state index contributed by atoms with van der Waals surface area (Å²) in [7, 11) is 2.84. The van der Waals surface area contributed by atoms with E-state index in [-0.39, 0.29) is 35.4 Å². The minimum atomic E-state index is -0.923. The highest BCUT2D eigenvalue weighted by molar-refractivity contribution is 5.98. The van der Waals surface area contributed by atoms with Crippen LogP contribution in [0.25, 0.3) is 0 Å². The second kappa shape index (κ2) is 12.6. The van der Waals surface area contributed by atoms with Crippen LogP contribution >= 0.6 is 0 Å². The van der Waals surface area contributed by atoms with Crippen molar-refractivity contribution in [3.05, 3.63) is 65.2 Å². The van der Waals surface area contributed by atoms with E-state index in [4.69, 9.17) is 19.9 Å². The van der Waals surface area contributed by atoms with E-state index in [0.717, 1.165) is 6.07 Å². The standard InChI is InChI=1S/C28H33F2N5O5/c1-15(10-23(36)40-28(2,3)4)24(16-8-7-9-17(29)11-16)34-27-20(30)14-19(25(31)37)26(35-27)32-18-12-21(38-5)33-22(13-18)39-6/h7-9,11-15,24H,10H2,1-6H3,(H2,31,37)(H2,32,33,34,35)/t15-,24+/m1/s1. The molecule has 2 heterocycles. The van der Waals surface area contributed by atoms with Crippen molar-refractivity contribution in [1.82, 2.24) is 9.97 Å². The van der Waals surface area contributed by atoms with Gasteiger partial charge in [-0.1, -0.05) is 19.1 Å². The van der Waals surface area contributed by atoms with Gasteiger partial charge in [0.1, 0.15) is 17.2 Å². The number of amides is 1. The Labute approximate surface area is 231 Å². The fourth-order valence-corrected chi connectivity index (χ4v) is 3.94. The van der Waals surface area contributed by atoms with Gasteiger partial charge < -0.3 is 30.6 Å². The van der Waals surface area contributed by atoms with Crippen molar-refractivity contribution in [3.63, 3.8) is 0 Å². The summed E-state index contributed by atoms with van der Waals surface area (Å²) in [6, 6.07) is 8.93. The first-order valence-corrected chi connectivity index (χ1v) is 12.4. The summed E-state index contributed by atoms with van der Waals surface area (Å²) < 4.78 is 45.2. The monoisotopic (exact) mass is 557 g/mol. The van der Waals surface area contributed by atoms with Crippen LogP contribution in [-0.2, 0) is 9.53 Å². The molecule has 12 heteroatoms. The molecular formula is C28H33F2N5O5. The summed E-state index contributed by atoms with van der Waals surface area (Å²) in [5, 5.41) is 5.91. The lowest BCUT2D eigenvalue weighted by Gasteiger charge is -2.28. The van der Waals surface area contributed by atoms with Crippen LogP contribution in [0.4, 0.5) is 26.1 Å². The zero-order valence-corrected chi connectivity index (χ0v) is 23.2. The number of carbonyl (C=O) groups is 2. The maximum atomic E-state index is 15.3. The molecule has 10 nitrogen and oxygen atoms in total. The Hall–Kier alpha value is -4.48. The van der Waals surface area contributed by atoms with Crippen LogP contribution in [0, 0.1) is 17.6 Å². The van der Waals surface area contributed by atoms with Crippen molar-refractivity contribution < 1.29 is 32.6 Å². The van der Waals surface area contributed by atoms with E-state index in [1.54, 1.807) is 33.8 Å². The van der Waals surface area contributed by atoms with Crippen molar-refractivity contribution in [3.8, 4) is 11.8 Å². The zero-order chi connectivity index (χ0) is 29.6. The number of nitrogens with zero attached hydrogens (tertiary/aromatic N) is 2. The number of aromatic nitrogens is 2. The number of methoxy groups -OCH3 is 2. The summed E-state index contributed by atoms with van der Waals surface area (Å²) in [5.74, 6) is -3.16. The molecule has 0 radical (unpaired) electrons. The molecule has 2 atom stereocenters. The van der Waals surface area contributed by atoms with Crippen LogP contribution in [0.1, 0.15) is 56.1 Å². The molecule has 3 aromatic rings. The van der Waals surface area contributed by atoms with E-state index in [1.165, 1.54) is 44.6 Å². The van der Waals surface area contributed by atoms with Gasteiger partial charge in [-0.15, -0.1) is 0 Å². The molecule has 0 unspecified atom stereocenters. The smallest absolute Gasteiger partial charge is 0.306 e. The molecule has 0 aliphatic rings. The van der Waals surface area contributed by atoms with Crippen molar-refractivity contribution in [1.29, 1.82) is 0 Å². The Morgan fingerprint density at radius 2 is 1.65 bits per heavy atom. The Kier molecular flexibility index (Phi) is 9.46. The number of hydrogen-bond acceptors (Lipinski definition) is 9. The average Bonchev–Trinajstić information content (AvgIpc) is 2.86. The van der Waals surface area contributed by atoms with Crippen LogP contribution < -0.4 is 25.8 Å². The quantitative estimate of drug-likeness (QED) is 0.274. The summed E-state index contributed by atoms with van der Waals surface area (Å²) in [6.45, 7) is 7.00. The van der Waals surface area contributed by atoms with E-state index < -0.39 is 41.1 Å². The van der Waals surface area contributed by atoms with Crippen molar-refractivity contribution >= 4 is 29.2 Å². The number of rotatable bonds is 11. The second-order valence-corrected chi connectivity index (χ2v) is 10.1. The molecule has 214 valence electrons. The number of ether oxygens (including phenoxy) is 3. The average molecular weight is 558 g/mol. The van der Waals surface area contributed by atoms with Gasteiger partial charge in [0, 0.05) is 12.1 Å². The third-order valence-corrected chi connectivity index (χ3v) is 5.68. The van der Waals surface area contributed by atoms with Crippen molar-refractivity contribution in [2.45, 2.75) is 45.8 Å². The number of pyridine rings is 2. The second-order valence-electron chi connectivity index (χ2n) is 10.1. The van der Waals surface area contributed by atoms with Gasteiger partial charge in [0.2, 0.25) is 11.8 Å². The number of carbonyl (C=O) groups excluding carboxylic acids is 2. The molecule has 2 aromatic heterocycles. The largest absolute Gasteiger partial charge is 0.481 e. The number of nitrogens with two attached hydrogens (primary N) is 1. The van der Waals surface area contributed by atoms with Crippen LogP contribution in [0.5, 0.6) is 11.8 Å². The Balaban J connectivity index is 2.02. The van der Waals surface area contributed by atoms with Gasteiger partial charge in [-0.05, 0) is 50.5 Å². The van der Waals surface area contributed by atoms with Crippen LogP contribution in [0.3, 0.4) is 0 Å². The van der Waals surface area contributed by atoms with Crippen LogP contribution in [0.2, 0.25) is 0 Å². The highest BCUT2D eigenvalue weighted by Crippen LogP contribution is 2.33. The third kappa shape index (κ3) is 8.01. The normalized spacial score (nSPS) is 12.7. The molecule has 4 N–H and O–H groups in total. The third-order valence-electron chi connectivity index (χ3n) is 5.68. The Morgan fingerprint density at radius 3 is 2.20 bits per heavy atom. The molecule has 3 rings (SSSR count). The van der Waals surface area contributed by atoms with Gasteiger partial charge in [-0.2, -0.15) is 4.98 Å². The van der Waals surface area contributed by atoms with Crippen molar-refractivity contribution in [2.75, 3.05) is 24.9 Å². The zero-order valence-electron chi connectivity index (χ0n) is 23.2. The Bertz CT molecular complexity index is 1360. The van der Waals surface area contributed by atoms with Gasteiger partial charge in [0.25, 0.3) is 5.91 Å². The van der Waals surface area contributed by atoms with Gasteiger partial charge in [0.05, 0.1) is 37.9 Å². The molecule has 0 aliphatic carbocycles. The van der Waals surface area contributed by atoms with Crippen LogP contribution in [-0.4, -0.2) is 41.7 Å². The number of primary amides is 1. The van der Waals surface area contributed by atoms with Gasteiger partial charge in [0.15, 0.2) is 11.6 Å². The molecule has 0 fully saturated rings. The van der Waals surface area contributed by atoms with Crippen LogP contribution in [0.15, 0.2) is 42.5 Å². The van der Waals surface area contributed by atoms with E-state index in [9.17, 15) is 14.0 Å². The highest BCUT2D eigenvalue weighted by Gasteiger charge is 2.27. The lowest BCUT2D eigenvalue weighted by molar-refractivity contribution is -0.155. The minimum absolute atomic E-state index is 0.0475. The molecule has 1 aromatic carbocycles. The summed E-state index contributed by atoms with van der Waals surface area (Å²) >= 11 is 0. The number of hydrogen-bond donors (Lipinski definition) is 3. The van der Waals surface area contributed by atoms with E-state index >= 15 is 4.39 Å². The number of anilines is 3. The fourth-order valence-electron chi connectivity index (χ4n) is 3.94. The molecular weight excluding hydrogens is 524 g/mol. The fraction of sp³-hybridized carbons (Fsp3) is 0.357. The maximum Gasteiger partial charge on any atom is 0.306 e. The molecule has 0 spiro atoms. The van der Waals surface area contributed by atoms with Crippen molar-refractivity contribution in [2.24, 2.45) is 11.7 Å². The van der Waals surface area contributed by atoms with Gasteiger partial charge in [-0.25, -0.2) is 13.8 Å². The first-order chi connectivity index (χ1) is 18.8. The highest BCUT2D eigenvalue weighted by atomic mass is 19.1. The number of nitrogens with one attached hydrogen (secondary N) is 2. The molecule has 0 saturated carbocycles. The lowest BCUT2D eigenvalue weighted by Crippen LogP contribution is -2.28. The van der Waals surface area contributed by atoms with E-state index in [2.05, 4.69) is 20.6 Å². The summed E-state index contributed by atoms with van der Waals surface area (Å²) in [5.41, 5.74) is 5.41. The number of halogens is 2. The predicted octanol–water partition coefficient (Wildman–Crippen LogP) is 5.14. The van der Waals surface area contributed by atoms with E-state index in [1.807, 2.05) is 0 Å². The van der Waals surface area contributed by atoms with Gasteiger partial charge in [-0.3, -0.25) is 9.59 Å².